The van der Waals surface area contributed by atoms with Crippen LogP contribution in [0.3, 0.4) is 0 Å². The van der Waals surface area contributed by atoms with E-state index in [1.165, 1.54) is 51.4 Å². The second-order valence-electron chi connectivity index (χ2n) is 18.5. The van der Waals surface area contributed by atoms with Crippen molar-refractivity contribution in [3.05, 3.63) is 12.2 Å². The van der Waals surface area contributed by atoms with Gasteiger partial charge in [0.25, 0.3) is 0 Å². The van der Waals surface area contributed by atoms with Gasteiger partial charge in [0, 0.05) is 12.2 Å². The summed E-state index contributed by atoms with van der Waals surface area (Å²) in [5.41, 5.74) is 0.715. The predicted octanol–water partition coefficient (Wildman–Crippen LogP) is 10.4. The van der Waals surface area contributed by atoms with Crippen LogP contribution in [0.25, 0.3) is 0 Å². The van der Waals surface area contributed by atoms with Gasteiger partial charge >= 0.3 is 0 Å². The minimum Gasteiger partial charge on any atom is -0.414 e. The molecular weight excluding hydrogens is 537 g/mol. The fourth-order valence-electron chi connectivity index (χ4n) is 9.88. The van der Waals surface area contributed by atoms with Crippen LogP contribution < -0.4 is 0 Å². The molecule has 4 aliphatic carbocycles. The summed E-state index contributed by atoms with van der Waals surface area (Å²) in [5.74, 6) is 4.10. The predicted molar refractivity (Wildman–Crippen MR) is 179 cm³/mol. The third kappa shape index (κ3) is 6.06. The molecule has 0 amide bonds. The first-order chi connectivity index (χ1) is 18.7. The number of carbonyl (C=O) groups excluding carboxylic acids is 1. The summed E-state index contributed by atoms with van der Waals surface area (Å²) in [6.07, 6.45) is 15.9. The number of rotatable bonds is 7. The van der Waals surface area contributed by atoms with Crippen molar-refractivity contribution in [2.75, 3.05) is 0 Å². The van der Waals surface area contributed by atoms with Crippen molar-refractivity contribution in [2.45, 2.75) is 162 Å². The van der Waals surface area contributed by atoms with Gasteiger partial charge in [0.2, 0.25) is 0 Å². The van der Waals surface area contributed by atoms with E-state index in [1.807, 2.05) is 0 Å². The highest BCUT2D eigenvalue weighted by Gasteiger charge is 2.63. The Labute approximate surface area is 256 Å². The van der Waals surface area contributed by atoms with Crippen molar-refractivity contribution in [3.8, 4) is 0 Å². The Morgan fingerprint density at radius 1 is 0.756 bits per heavy atom. The fourth-order valence-corrected chi connectivity index (χ4v) is 12.6. The lowest BCUT2D eigenvalue weighted by Gasteiger charge is -2.64. The minimum atomic E-state index is -1.93. The van der Waals surface area contributed by atoms with Crippen LogP contribution in [-0.2, 0) is 13.6 Å². The SMILES string of the molecule is C[C@H](C=CC=O)[C@H]1CC[C@H]2[C@@H]3C[C@H](O[Si](C)(C)C(C)(C)C)C4C[C@H](O[Si](C)(C)C(C)(C)C)CC[C@]4(C)[C@H]3CC[C@]12C. The second-order valence-corrected chi connectivity index (χ2v) is 28.0. The maximum Gasteiger partial charge on any atom is 0.192 e. The van der Waals surface area contributed by atoms with Crippen LogP contribution in [0, 0.1) is 46.3 Å². The zero-order chi connectivity index (χ0) is 30.8. The third-order valence-corrected chi connectivity index (χ3v) is 23.4. The van der Waals surface area contributed by atoms with E-state index >= 15 is 0 Å². The number of hydrogen-bond donors (Lipinski definition) is 0. The normalized spacial score (nSPS) is 41.0. The number of aldehydes is 1. The van der Waals surface area contributed by atoms with E-state index in [9.17, 15) is 4.79 Å². The molecule has 0 aliphatic heterocycles. The molecule has 4 saturated carbocycles. The smallest absolute Gasteiger partial charge is 0.192 e. The Morgan fingerprint density at radius 3 is 1.90 bits per heavy atom. The average molecular weight is 603 g/mol. The van der Waals surface area contributed by atoms with Gasteiger partial charge in [-0.1, -0.05) is 68.4 Å². The van der Waals surface area contributed by atoms with Crippen molar-refractivity contribution < 1.29 is 13.6 Å². The fraction of sp³-hybridized carbons (Fsp3) is 0.917. The van der Waals surface area contributed by atoms with Crippen LogP contribution in [0.5, 0.6) is 0 Å². The second kappa shape index (κ2) is 11.3. The lowest BCUT2D eigenvalue weighted by Crippen LogP contribution is -2.61. The molecule has 0 heterocycles. The molecule has 4 rings (SSSR count). The molecule has 236 valence electrons. The van der Waals surface area contributed by atoms with E-state index in [0.717, 1.165) is 24.0 Å². The topological polar surface area (TPSA) is 35.5 Å². The molecule has 5 heteroatoms. The molecule has 10 atom stereocenters. The number of allylic oxidation sites excluding steroid dienone is 2. The molecule has 0 N–H and O–H groups in total. The quantitative estimate of drug-likeness (QED) is 0.165. The summed E-state index contributed by atoms with van der Waals surface area (Å²) in [7, 11) is -3.75. The molecule has 4 fully saturated rings. The largest absolute Gasteiger partial charge is 0.414 e. The first-order valence-electron chi connectivity index (χ1n) is 17.2. The van der Waals surface area contributed by atoms with E-state index in [-0.39, 0.29) is 10.1 Å². The molecule has 0 aromatic carbocycles. The monoisotopic (exact) mass is 602 g/mol. The highest BCUT2D eigenvalue weighted by Crippen LogP contribution is 2.69. The van der Waals surface area contributed by atoms with Crippen molar-refractivity contribution >= 4 is 22.9 Å². The molecular formula is C36H66O3Si2. The summed E-state index contributed by atoms with van der Waals surface area (Å²) in [5, 5.41) is 0.458. The molecule has 0 saturated heterocycles. The van der Waals surface area contributed by atoms with Crippen LogP contribution >= 0.6 is 0 Å². The van der Waals surface area contributed by atoms with E-state index in [0.29, 0.717) is 40.8 Å². The maximum atomic E-state index is 11.1. The molecule has 0 aromatic heterocycles. The van der Waals surface area contributed by atoms with Crippen LogP contribution in [0.2, 0.25) is 36.3 Å². The average Bonchev–Trinajstić information content (AvgIpc) is 3.19. The number of carbonyl (C=O) groups is 1. The van der Waals surface area contributed by atoms with Gasteiger partial charge in [0.15, 0.2) is 16.6 Å². The van der Waals surface area contributed by atoms with E-state index in [2.05, 4.69) is 94.6 Å². The van der Waals surface area contributed by atoms with Gasteiger partial charge in [0.05, 0.1) is 0 Å². The molecule has 0 radical (unpaired) electrons. The summed E-state index contributed by atoms with van der Waals surface area (Å²) in [4.78, 5) is 11.1. The molecule has 4 aliphatic rings. The summed E-state index contributed by atoms with van der Waals surface area (Å²) >= 11 is 0. The van der Waals surface area contributed by atoms with Gasteiger partial charge in [-0.25, -0.2) is 0 Å². The van der Waals surface area contributed by atoms with Crippen molar-refractivity contribution in [3.63, 3.8) is 0 Å². The summed E-state index contributed by atoms with van der Waals surface area (Å²) < 4.78 is 14.7. The van der Waals surface area contributed by atoms with Crippen LogP contribution in [0.15, 0.2) is 12.2 Å². The summed E-state index contributed by atoms with van der Waals surface area (Å²) in [6.45, 7) is 31.8. The summed E-state index contributed by atoms with van der Waals surface area (Å²) in [6, 6.07) is 0. The van der Waals surface area contributed by atoms with Gasteiger partial charge < -0.3 is 8.85 Å². The van der Waals surface area contributed by atoms with Gasteiger partial charge in [-0.2, -0.15) is 0 Å². The Bertz CT molecular complexity index is 974. The molecule has 0 bridgehead atoms. The lowest BCUT2D eigenvalue weighted by atomic mass is 9.44. The van der Waals surface area contributed by atoms with Crippen LogP contribution in [0.4, 0.5) is 0 Å². The van der Waals surface area contributed by atoms with Crippen molar-refractivity contribution in [1.82, 2.24) is 0 Å². The van der Waals surface area contributed by atoms with E-state index in [1.54, 1.807) is 6.08 Å². The molecule has 3 nitrogen and oxygen atoms in total. The number of hydrogen-bond acceptors (Lipinski definition) is 3. The standard InChI is InChI=1S/C36H66O3Si2/c1-25(15-14-22-37)28-16-17-29-27-24-32(39-41(12,13)34(5,6)7)31-23-26(38-40(10,11)33(2,3)4)18-20-36(31,9)30(27)19-21-35(28,29)8/h14-15,22,25-32H,16-21,23-24H2,1-13H3/t25-,26-,27+,28-,29+,30+,31?,32+,35-,36-/m1/s1. The Morgan fingerprint density at radius 2 is 1.32 bits per heavy atom. The van der Waals surface area contributed by atoms with Crippen LogP contribution in [-0.4, -0.2) is 35.1 Å². The minimum absolute atomic E-state index is 0.214. The Balaban J connectivity index is 1.66. The highest BCUT2D eigenvalue weighted by molar-refractivity contribution is 6.74. The third-order valence-electron chi connectivity index (χ3n) is 14.3. The van der Waals surface area contributed by atoms with Gasteiger partial charge in [-0.15, -0.1) is 0 Å². The first kappa shape index (κ1) is 33.7. The Hall–Kier alpha value is -0.236. The molecule has 1 unspecified atom stereocenters. The van der Waals surface area contributed by atoms with Gasteiger partial charge in [0.1, 0.15) is 6.29 Å². The Kier molecular flexibility index (Phi) is 9.26. The van der Waals surface area contributed by atoms with Gasteiger partial charge in [-0.05, 0) is 140 Å². The van der Waals surface area contributed by atoms with Crippen molar-refractivity contribution in [2.24, 2.45) is 46.3 Å². The lowest BCUT2D eigenvalue weighted by molar-refractivity contribution is -0.166. The van der Waals surface area contributed by atoms with Crippen molar-refractivity contribution in [1.29, 1.82) is 0 Å². The van der Waals surface area contributed by atoms with E-state index < -0.39 is 16.6 Å². The molecule has 0 aromatic rings. The maximum absolute atomic E-state index is 11.1. The first-order valence-corrected chi connectivity index (χ1v) is 23.0. The molecule has 41 heavy (non-hydrogen) atoms. The van der Waals surface area contributed by atoms with Crippen LogP contribution in [0.1, 0.15) is 114 Å². The zero-order valence-corrected chi connectivity index (χ0v) is 31.2. The zero-order valence-electron chi connectivity index (χ0n) is 29.2. The highest BCUT2D eigenvalue weighted by atomic mass is 28.4. The molecule has 0 spiro atoms. The number of fused-ring (bicyclic) bond motifs is 5. The van der Waals surface area contributed by atoms with Gasteiger partial charge in [-0.3, -0.25) is 4.79 Å². The van der Waals surface area contributed by atoms with E-state index in [4.69, 9.17) is 8.85 Å².